The summed E-state index contributed by atoms with van der Waals surface area (Å²) in [4.78, 5) is 42.6. The summed E-state index contributed by atoms with van der Waals surface area (Å²) in [5.41, 5.74) is 3.84. The first-order valence-corrected chi connectivity index (χ1v) is 14.5. The number of amides is 2. The maximum absolute atomic E-state index is 13.9. The number of benzene rings is 3. The summed E-state index contributed by atoms with van der Waals surface area (Å²) in [5.74, 6) is -2.88. The third-order valence-electron chi connectivity index (χ3n) is 7.76. The number of methoxy groups -OCH3 is 1. The molecule has 4 aromatic rings. The fourth-order valence-corrected chi connectivity index (χ4v) is 5.37. The summed E-state index contributed by atoms with van der Waals surface area (Å²) in [6.07, 6.45) is 7.58. The number of ether oxygens (including phenoxy) is 1. The van der Waals surface area contributed by atoms with E-state index in [1.165, 1.54) is 7.05 Å². The van der Waals surface area contributed by atoms with Crippen molar-refractivity contribution in [2.24, 2.45) is 11.8 Å². The van der Waals surface area contributed by atoms with Crippen LogP contribution in [0.1, 0.15) is 36.0 Å². The minimum absolute atomic E-state index is 0.179. The number of para-hydroxylation sites is 1. The molecule has 4 rings (SSSR count). The number of aromatic nitrogens is 1. The fraction of sp³-hybridized carbons (Fsp3) is 0.286. The molecule has 0 aliphatic rings. The van der Waals surface area contributed by atoms with Crippen LogP contribution in [0.25, 0.3) is 17.0 Å². The van der Waals surface area contributed by atoms with Crippen LogP contribution < -0.4 is 15.4 Å². The average Bonchev–Trinajstić information content (AvgIpc) is 3.44. The summed E-state index contributed by atoms with van der Waals surface area (Å²) < 4.78 is 5.24. The van der Waals surface area contributed by atoms with E-state index in [1.807, 2.05) is 91.1 Å². The van der Waals surface area contributed by atoms with E-state index in [-0.39, 0.29) is 18.7 Å². The summed E-state index contributed by atoms with van der Waals surface area (Å²) in [6, 6.07) is 24.2. The first-order valence-electron chi connectivity index (χ1n) is 14.5. The Labute approximate surface area is 252 Å². The van der Waals surface area contributed by atoms with Gasteiger partial charge in [-0.3, -0.25) is 14.4 Å². The molecule has 0 saturated carbocycles. The molecule has 0 bridgehead atoms. The first kappa shape index (κ1) is 31.1. The van der Waals surface area contributed by atoms with Gasteiger partial charge in [0.05, 0.1) is 18.9 Å². The van der Waals surface area contributed by atoms with Crippen LogP contribution >= 0.6 is 0 Å². The second kappa shape index (κ2) is 15.4. The van der Waals surface area contributed by atoms with Crippen LogP contribution in [-0.4, -0.2) is 48.1 Å². The van der Waals surface area contributed by atoms with Crippen LogP contribution in [0, 0.1) is 11.8 Å². The first-order chi connectivity index (χ1) is 20.9. The Morgan fingerprint density at radius 2 is 1.65 bits per heavy atom. The van der Waals surface area contributed by atoms with Gasteiger partial charge in [-0.1, -0.05) is 72.8 Å². The van der Waals surface area contributed by atoms with Crippen molar-refractivity contribution in [3.8, 4) is 5.75 Å². The topological polar surface area (TPSA) is 121 Å². The minimum Gasteiger partial charge on any atom is -0.497 e. The number of H-pyrrole nitrogens is 1. The number of hydrogen-bond donors (Lipinski definition) is 4. The van der Waals surface area contributed by atoms with E-state index >= 15 is 0 Å². The number of aromatic amines is 1. The van der Waals surface area contributed by atoms with Crippen molar-refractivity contribution in [3.63, 3.8) is 0 Å². The highest BCUT2D eigenvalue weighted by Gasteiger charge is 2.34. The molecule has 3 atom stereocenters. The van der Waals surface area contributed by atoms with E-state index in [9.17, 15) is 19.5 Å². The Bertz CT molecular complexity index is 1530. The highest BCUT2D eigenvalue weighted by atomic mass is 16.5. The van der Waals surface area contributed by atoms with Crippen LogP contribution in [0.2, 0.25) is 0 Å². The smallest absolute Gasteiger partial charge is 0.307 e. The lowest BCUT2D eigenvalue weighted by Gasteiger charge is -2.25. The lowest BCUT2D eigenvalue weighted by Crippen LogP contribution is -2.50. The van der Waals surface area contributed by atoms with Crippen molar-refractivity contribution in [3.05, 3.63) is 108 Å². The molecule has 4 N–H and O–H groups in total. The highest BCUT2D eigenvalue weighted by Crippen LogP contribution is 2.26. The van der Waals surface area contributed by atoms with Gasteiger partial charge in [-0.25, -0.2) is 0 Å². The molecular weight excluding hydrogens is 542 g/mol. The van der Waals surface area contributed by atoms with Gasteiger partial charge in [-0.15, -0.1) is 0 Å². The second-order valence-corrected chi connectivity index (χ2v) is 10.6. The number of likely N-dealkylation sites (N-methyl/N-ethyl adjacent to an activating group) is 1. The number of carboxylic acids is 1. The largest absolute Gasteiger partial charge is 0.497 e. The lowest BCUT2D eigenvalue weighted by molar-refractivity contribution is -0.147. The summed E-state index contributed by atoms with van der Waals surface area (Å²) in [7, 11) is 3.14. The van der Waals surface area contributed by atoms with Gasteiger partial charge in [0, 0.05) is 30.6 Å². The number of carboxylic acid groups (broad SMARTS) is 1. The van der Waals surface area contributed by atoms with Crippen LogP contribution in [0.5, 0.6) is 5.75 Å². The Kier molecular flexibility index (Phi) is 11.1. The maximum Gasteiger partial charge on any atom is 0.307 e. The average molecular weight is 582 g/mol. The minimum atomic E-state index is -1.05. The van der Waals surface area contributed by atoms with E-state index in [0.29, 0.717) is 19.3 Å². The van der Waals surface area contributed by atoms with Crippen LogP contribution in [0.15, 0.2) is 91.1 Å². The van der Waals surface area contributed by atoms with E-state index in [0.717, 1.165) is 33.3 Å². The monoisotopic (exact) mass is 581 g/mol. The van der Waals surface area contributed by atoms with Gasteiger partial charge in [-0.05, 0) is 60.6 Å². The van der Waals surface area contributed by atoms with Gasteiger partial charge in [0.15, 0.2) is 0 Å². The molecule has 1 aromatic heterocycles. The highest BCUT2D eigenvalue weighted by molar-refractivity contribution is 5.91. The molecule has 0 aliphatic carbocycles. The van der Waals surface area contributed by atoms with Crippen LogP contribution in [-0.2, 0) is 27.2 Å². The van der Waals surface area contributed by atoms with Crippen LogP contribution in [0.4, 0.5) is 0 Å². The molecule has 0 unspecified atom stereocenters. The van der Waals surface area contributed by atoms with Gasteiger partial charge in [0.25, 0.3) is 0 Å². The van der Waals surface area contributed by atoms with Crippen molar-refractivity contribution >= 4 is 34.8 Å². The molecular formula is C35H39N3O5. The fourth-order valence-electron chi connectivity index (χ4n) is 5.37. The van der Waals surface area contributed by atoms with Gasteiger partial charge < -0.3 is 25.5 Å². The molecule has 8 nitrogen and oxygen atoms in total. The normalized spacial score (nSPS) is 13.3. The van der Waals surface area contributed by atoms with Gasteiger partial charge in [-0.2, -0.15) is 0 Å². The standard InChI is InChI=1S/C35H39N3O5/c1-36-34(40)32(22-26-23-37-31-17-7-6-14-28(26)31)38-33(39)29(15-8-13-25-18-20-27(43-2)21-19-25)30(35(41)42)16-9-12-24-10-4-3-5-11-24/h3-7,9-12,14,17-21,23,29-30,32,37H,8,13,15-16,22H2,1-2H3,(H,36,40)(H,38,39)(H,41,42)/b12-9+/t29-,30+,32+/m1/s1. The summed E-state index contributed by atoms with van der Waals surface area (Å²) in [6.45, 7) is 0. The number of hydrogen-bond acceptors (Lipinski definition) is 4. The number of allylic oxidation sites excluding steroid dienone is 1. The zero-order valence-corrected chi connectivity index (χ0v) is 24.6. The predicted octanol–water partition coefficient (Wildman–Crippen LogP) is 5.39. The lowest BCUT2D eigenvalue weighted by atomic mass is 9.83. The Morgan fingerprint density at radius 3 is 2.35 bits per heavy atom. The number of carbonyl (C=O) groups is 3. The van der Waals surface area contributed by atoms with Crippen molar-refractivity contribution in [2.45, 2.75) is 38.1 Å². The van der Waals surface area contributed by atoms with E-state index in [2.05, 4.69) is 15.6 Å². The second-order valence-electron chi connectivity index (χ2n) is 10.6. The number of fused-ring (bicyclic) bond motifs is 1. The molecule has 0 radical (unpaired) electrons. The molecule has 3 aromatic carbocycles. The molecule has 224 valence electrons. The molecule has 0 fully saturated rings. The SMILES string of the molecule is CNC(=O)[C@H](Cc1c[nH]c2ccccc12)NC(=O)[C@H](CCCc1ccc(OC)cc1)[C@H](C/C=C/c1ccccc1)C(=O)O. The van der Waals surface area contributed by atoms with Gasteiger partial charge in [0.2, 0.25) is 11.8 Å². The number of carbonyl (C=O) groups excluding carboxylic acids is 2. The molecule has 8 heteroatoms. The van der Waals surface area contributed by atoms with Gasteiger partial charge in [0.1, 0.15) is 11.8 Å². The Hall–Kier alpha value is -4.85. The molecule has 0 spiro atoms. The quantitative estimate of drug-likeness (QED) is 0.150. The van der Waals surface area contributed by atoms with Crippen molar-refractivity contribution in [1.29, 1.82) is 0 Å². The van der Waals surface area contributed by atoms with Crippen molar-refractivity contribution < 1.29 is 24.2 Å². The van der Waals surface area contributed by atoms with Crippen LogP contribution in [0.3, 0.4) is 0 Å². The number of aryl methyl sites for hydroxylation is 1. The predicted molar refractivity (Wildman–Crippen MR) is 169 cm³/mol. The zero-order chi connectivity index (χ0) is 30.6. The van der Waals surface area contributed by atoms with Gasteiger partial charge >= 0.3 is 5.97 Å². The number of rotatable bonds is 15. The zero-order valence-electron chi connectivity index (χ0n) is 24.6. The molecule has 1 heterocycles. The third kappa shape index (κ3) is 8.58. The summed E-state index contributed by atoms with van der Waals surface area (Å²) in [5, 5.41) is 16.8. The van der Waals surface area contributed by atoms with E-state index in [4.69, 9.17) is 4.74 Å². The van der Waals surface area contributed by atoms with E-state index in [1.54, 1.807) is 13.2 Å². The molecule has 2 amide bonds. The molecule has 0 saturated heterocycles. The maximum atomic E-state index is 13.9. The Morgan fingerprint density at radius 1 is 0.930 bits per heavy atom. The molecule has 0 aliphatic heterocycles. The number of aliphatic carboxylic acids is 1. The number of nitrogens with one attached hydrogen (secondary N) is 3. The molecule has 43 heavy (non-hydrogen) atoms. The third-order valence-corrected chi connectivity index (χ3v) is 7.76. The summed E-state index contributed by atoms with van der Waals surface area (Å²) >= 11 is 0. The van der Waals surface area contributed by atoms with E-state index < -0.39 is 29.8 Å². The Balaban J connectivity index is 1.54. The van der Waals surface area contributed by atoms with Crippen molar-refractivity contribution in [1.82, 2.24) is 15.6 Å². The van der Waals surface area contributed by atoms with Crippen molar-refractivity contribution in [2.75, 3.05) is 14.2 Å².